The number of carboxylic acid groups (broad SMARTS) is 1. The topological polar surface area (TPSA) is 57.6 Å². The third-order valence-corrected chi connectivity index (χ3v) is 7.24. The highest BCUT2D eigenvalue weighted by molar-refractivity contribution is 7.99. The van der Waals surface area contributed by atoms with Gasteiger partial charge in [0.2, 0.25) is 5.91 Å². The lowest BCUT2D eigenvalue weighted by Crippen LogP contribution is -2.52. The first kappa shape index (κ1) is 20.9. The van der Waals surface area contributed by atoms with Crippen molar-refractivity contribution in [2.45, 2.75) is 62.8 Å². The van der Waals surface area contributed by atoms with E-state index in [1.807, 2.05) is 22.7 Å². The molecule has 2 aromatic rings. The highest BCUT2D eigenvalue weighted by Crippen LogP contribution is 2.32. The zero-order valence-corrected chi connectivity index (χ0v) is 17.9. The number of carboxylic acids is 1. The quantitative estimate of drug-likeness (QED) is 0.283. The van der Waals surface area contributed by atoms with E-state index in [0.717, 1.165) is 35.6 Å². The maximum atomic E-state index is 12.1. The van der Waals surface area contributed by atoms with Gasteiger partial charge in [-0.1, -0.05) is 19.8 Å². The second kappa shape index (κ2) is 10.1. The molecule has 4 nitrogen and oxygen atoms in total. The zero-order valence-electron chi connectivity index (χ0n) is 16.2. The molecule has 1 atom stereocenters. The van der Waals surface area contributed by atoms with Gasteiger partial charge in [0.15, 0.2) is 0 Å². The predicted molar refractivity (Wildman–Crippen MR) is 117 cm³/mol. The molecular formula is C22H27NO3S2. The first-order valence-corrected chi connectivity index (χ1v) is 11.8. The van der Waals surface area contributed by atoms with Gasteiger partial charge in [0.25, 0.3) is 0 Å². The fourth-order valence-electron chi connectivity index (χ4n) is 3.45. The summed E-state index contributed by atoms with van der Waals surface area (Å²) in [6, 6.07) is 12.2. The summed E-state index contributed by atoms with van der Waals surface area (Å²) in [5.41, 5.74) is 0.989. The van der Waals surface area contributed by atoms with Crippen LogP contribution in [0, 0.1) is 0 Å². The molecule has 1 aliphatic rings. The standard InChI is InChI=1S/C22H27NO3S2/c1-2-3-4-14-27-18-10-8-16(9-11-18)23-17(15-21(23)24)6-5-7-19-12-13-20(28-19)22(25)26/h8-13,17H,2-7,14-15H2,1H3,(H,25,26)/t17-/m0/s1. The fraction of sp³-hybridized carbons (Fsp3) is 0.455. The van der Waals surface area contributed by atoms with Gasteiger partial charge in [-0.3, -0.25) is 4.79 Å². The van der Waals surface area contributed by atoms with Crippen molar-refractivity contribution < 1.29 is 14.7 Å². The van der Waals surface area contributed by atoms with E-state index >= 15 is 0 Å². The Morgan fingerprint density at radius 1 is 1.18 bits per heavy atom. The molecule has 0 spiro atoms. The fourth-order valence-corrected chi connectivity index (χ4v) is 5.25. The van der Waals surface area contributed by atoms with Crippen molar-refractivity contribution in [1.29, 1.82) is 0 Å². The van der Waals surface area contributed by atoms with Crippen molar-refractivity contribution >= 4 is 40.7 Å². The Morgan fingerprint density at radius 3 is 2.61 bits per heavy atom. The third kappa shape index (κ3) is 5.39. The van der Waals surface area contributed by atoms with E-state index in [9.17, 15) is 9.59 Å². The summed E-state index contributed by atoms with van der Waals surface area (Å²) in [5, 5.41) is 9.00. The van der Waals surface area contributed by atoms with Gasteiger partial charge in [-0.05, 0) is 67.8 Å². The molecule has 0 saturated carbocycles. The average Bonchev–Trinajstić information content (AvgIpc) is 3.15. The molecule has 1 N–H and O–H groups in total. The van der Waals surface area contributed by atoms with Crippen LogP contribution in [0.4, 0.5) is 5.69 Å². The number of hydrogen-bond acceptors (Lipinski definition) is 4. The largest absolute Gasteiger partial charge is 0.477 e. The number of rotatable bonds is 11. The molecule has 1 aliphatic heterocycles. The van der Waals surface area contributed by atoms with E-state index < -0.39 is 5.97 Å². The Hall–Kier alpha value is -1.79. The number of nitrogens with zero attached hydrogens (tertiary/aromatic N) is 1. The number of amides is 1. The lowest BCUT2D eigenvalue weighted by Gasteiger charge is -2.40. The van der Waals surface area contributed by atoms with Gasteiger partial charge in [-0.2, -0.15) is 0 Å². The molecule has 1 fully saturated rings. The number of thiophene rings is 1. The van der Waals surface area contributed by atoms with E-state index in [1.165, 1.54) is 35.5 Å². The van der Waals surface area contributed by atoms with Crippen LogP contribution in [0.3, 0.4) is 0 Å². The minimum absolute atomic E-state index is 0.192. The van der Waals surface area contributed by atoms with Gasteiger partial charge < -0.3 is 10.0 Å². The molecule has 28 heavy (non-hydrogen) atoms. The predicted octanol–water partition coefficient (Wildman–Crippen LogP) is 5.86. The molecule has 150 valence electrons. The summed E-state index contributed by atoms with van der Waals surface area (Å²) in [6.07, 6.45) is 7.14. The Balaban J connectivity index is 1.48. The van der Waals surface area contributed by atoms with Gasteiger partial charge in [0, 0.05) is 27.9 Å². The van der Waals surface area contributed by atoms with Crippen molar-refractivity contribution in [1.82, 2.24) is 0 Å². The molecule has 1 aromatic heterocycles. The Labute approximate surface area is 175 Å². The van der Waals surface area contributed by atoms with E-state index in [-0.39, 0.29) is 11.9 Å². The van der Waals surface area contributed by atoms with Crippen LogP contribution < -0.4 is 4.90 Å². The number of carbonyl (C=O) groups excluding carboxylic acids is 1. The van der Waals surface area contributed by atoms with Gasteiger partial charge in [0.1, 0.15) is 4.88 Å². The lowest BCUT2D eigenvalue weighted by atomic mass is 9.95. The van der Waals surface area contributed by atoms with E-state index in [0.29, 0.717) is 11.3 Å². The van der Waals surface area contributed by atoms with Gasteiger partial charge in [-0.15, -0.1) is 23.1 Å². The molecular weight excluding hydrogens is 390 g/mol. The van der Waals surface area contributed by atoms with Crippen LogP contribution in [-0.4, -0.2) is 28.8 Å². The Bertz CT molecular complexity index is 800. The number of anilines is 1. The van der Waals surface area contributed by atoms with E-state index in [2.05, 4.69) is 31.2 Å². The zero-order chi connectivity index (χ0) is 19.9. The average molecular weight is 418 g/mol. The monoisotopic (exact) mass is 417 g/mol. The third-order valence-electron chi connectivity index (χ3n) is 5.01. The van der Waals surface area contributed by atoms with Crippen molar-refractivity contribution in [3.05, 3.63) is 46.2 Å². The number of β-lactam (4-membered cyclic amide) rings is 1. The van der Waals surface area contributed by atoms with Gasteiger partial charge in [-0.25, -0.2) is 4.79 Å². The maximum Gasteiger partial charge on any atom is 0.345 e. The normalized spacial score (nSPS) is 16.2. The second-order valence-electron chi connectivity index (χ2n) is 7.13. The first-order chi connectivity index (χ1) is 13.6. The van der Waals surface area contributed by atoms with Crippen LogP contribution in [0.1, 0.15) is 60.0 Å². The van der Waals surface area contributed by atoms with Gasteiger partial charge in [0.05, 0.1) is 0 Å². The summed E-state index contributed by atoms with van der Waals surface area (Å²) in [4.78, 5) is 27.8. The molecule has 0 aliphatic carbocycles. The number of unbranched alkanes of at least 4 members (excludes halogenated alkanes) is 2. The molecule has 1 saturated heterocycles. The van der Waals surface area contributed by atoms with Crippen molar-refractivity contribution in [3.63, 3.8) is 0 Å². The van der Waals surface area contributed by atoms with Crippen LogP contribution in [-0.2, 0) is 11.2 Å². The van der Waals surface area contributed by atoms with Crippen LogP contribution in [0.15, 0.2) is 41.3 Å². The van der Waals surface area contributed by atoms with Crippen LogP contribution >= 0.6 is 23.1 Å². The summed E-state index contributed by atoms with van der Waals surface area (Å²) in [5.74, 6) is 0.474. The first-order valence-electron chi connectivity index (χ1n) is 9.95. The van der Waals surface area contributed by atoms with E-state index in [1.54, 1.807) is 6.07 Å². The number of aromatic carboxylic acids is 1. The number of benzene rings is 1. The number of thioether (sulfide) groups is 1. The summed E-state index contributed by atoms with van der Waals surface area (Å²) in [7, 11) is 0. The molecule has 0 bridgehead atoms. The highest BCUT2D eigenvalue weighted by Gasteiger charge is 2.36. The molecule has 0 unspecified atom stereocenters. The summed E-state index contributed by atoms with van der Waals surface area (Å²) < 4.78 is 0. The van der Waals surface area contributed by atoms with Crippen molar-refractivity contribution in [3.8, 4) is 0 Å². The summed E-state index contributed by atoms with van der Waals surface area (Å²) >= 11 is 3.22. The Morgan fingerprint density at radius 2 is 1.96 bits per heavy atom. The van der Waals surface area contributed by atoms with E-state index in [4.69, 9.17) is 5.11 Å². The smallest absolute Gasteiger partial charge is 0.345 e. The molecule has 2 heterocycles. The molecule has 0 radical (unpaired) electrons. The Kier molecular flexibility index (Phi) is 7.57. The second-order valence-corrected chi connectivity index (χ2v) is 9.47. The number of hydrogen-bond donors (Lipinski definition) is 1. The SMILES string of the molecule is CCCCCSc1ccc(N2C(=O)C[C@@H]2CCCc2ccc(C(=O)O)s2)cc1. The van der Waals surface area contributed by atoms with Crippen molar-refractivity contribution in [2.24, 2.45) is 0 Å². The highest BCUT2D eigenvalue weighted by atomic mass is 32.2. The summed E-state index contributed by atoms with van der Waals surface area (Å²) in [6.45, 7) is 2.22. The lowest BCUT2D eigenvalue weighted by molar-refractivity contribution is -0.124. The minimum atomic E-state index is -0.862. The van der Waals surface area contributed by atoms with Crippen LogP contribution in [0.25, 0.3) is 0 Å². The van der Waals surface area contributed by atoms with Crippen LogP contribution in [0.5, 0.6) is 0 Å². The number of carbonyl (C=O) groups is 2. The molecule has 6 heteroatoms. The molecule has 1 aromatic carbocycles. The van der Waals surface area contributed by atoms with Gasteiger partial charge >= 0.3 is 5.97 Å². The van der Waals surface area contributed by atoms with Crippen LogP contribution in [0.2, 0.25) is 0 Å². The maximum absolute atomic E-state index is 12.1. The molecule has 1 amide bonds. The molecule has 3 rings (SSSR count). The van der Waals surface area contributed by atoms with Crippen molar-refractivity contribution in [2.75, 3.05) is 10.7 Å². The minimum Gasteiger partial charge on any atom is -0.477 e. The number of aryl methyl sites for hydroxylation is 1.